The van der Waals surface area contributed by atoms with Crippen molar-refractivity contribution in [2.45, 2.75) is 26.0 Å². The molecule has 0 aliphatic heterocycles. The highest BCUT2D eigenvalue weighted by Gasteiger charge is 2.22. The van der Waals surface area contributed by atoms with Crippen molar-refractivity contribution in [2.24, 2.45) is 0 Å². The fraction of sp³-hybridized carbons (Fsp3) is 0.174. The second-order valence-corrected chi connectivity index (χ2v) is 6.88. The number of H-pyrrole nitrogens is 1. The zero-order valence-corrected chi connectivity index (χ0v) is 16.8. The van der Waals surface area contributed by atoms with Gasteiger partial charge in [-0.1, -0.05) is 42.5 Å². The van der Waals surface area contributed by atoms with E-state index in [1.807, 2.05) is 56.3 Å². The van der Waals surface area contributed by atoms with Gasteiger partial charge in [-0.2, -0.15) is 5.10 Å². The molecule has 0 bridgehead atoms. The molecule has 0 aliphatic carbocycles. The van der Waals surface area contributed by atoms with Crippen LogP contribution in [0.15, 0.2) is 72.9 Å². The molecule has 1 unspecified atom stereocenters. The summed E-state index contributed by atoms with van der Waals surface area (Å²) in [5.74, 6) is 0.416. The minimum Gasteiger partial charge on any atom is -0.491 e. The summed E-state index contributed by atoms with van der Waals surface area (Å²) < 4.78 is 5.67. The van der Waals surface area contributed by atoms with E-state index >= 15 is 0 Å². The highest BCUT2D eigenvalue weighted by atomic mass is 16.5. The molecule has 7 nitrogen and oxygen atoms in total. The van der Waals surface area contributed by atoms with Gasteiger partial charge in [-0.25, -0.2) is 0 Å². The van der Waals surface area contributed by atoms with Crippen LogP contribution in [-0.2, 0) is 9.59 Å². The Labute approximate surface area is 175 Å². The van der Waals surface area contributed by atoms with Crippen molar-refractivity contribution in [1.82, 2.24) is 15.5 Å². The maximum Gasteiger partial charge on any atom is 0.252 e. The highest BCUT2D eigenvalue weighted by Crippen LogP contribution is 2.17. The molecule has 30 heavy (non-hydrogen) atoms. The standard InChI is InChI=1S/C23H24N4O3/c1-16(2)30-19-10-6-7-17(15-19)11-12-21(28)26-22(18-8-4-3-5-9-18)23(29)25-20-13-14-24-27-20/h3-16,22H,1-2H3,(H,26,28)(H2,24,25,27,29). The van der Waals surface area contributed by atoms with Crippen molar-refractivity contribution >= 4 is 23.7 Å². The lowest BCUT2D eigenvalue weighted by Gasteiger charge is -2.17. The monoisotopic (exact) mass is 404 g/mol. The Morgan fingerprint density at radius 3 is 2.57 bits per heavy atom. The summed E-state index contributed by atoms with van der Waals surface area (Å²) in [5, 5.41) is 12.0. The quantitative estimate of drug-likeness (QED) is 0.499. The smallest absolute Gasteiger partial charge is 0.252 e. The number of rotatable bonds is 8. The van der Waals surface area contributed by atoms with E-state index in [1.165, 1.54) is 12.3 Å². The summed E-state index contributed by atoms with van der Waals surface area (Å²) in [6.07, 6.45) is 4.67. The number of hydrogen-bond acceptors (Lipinski definition) is 4. The van der Waals surface area contributed by atoms with Crippen LogP contribution in [0.5, 0.6) is 5.75 Å². The van der Waals surface area contributed by atoms with Gasteiger partial charge in [0.25, 0.3) is 5.91 Å². The Kier molecular flexibility index (Phi) is 7.00. The summed E-state index contributed by atoms with van der Waals surface area (Å²) in [7, 11) is 0. The van der Waals surface area contributed by atoms with Crippen molar-refractivity contribution in [3.8, 4) is 5.75 Å². The van der Waals surface area contributed by atoms with E-state index in [2.05, 4.69) is 20.8 Å². The maximum absolute atomic E-state index is 12.8. The average Bonchev–Trinajstić information content (AvgIpc) is 3.24. The van der Waals surface area contributed by atoms with Gasteiger partial charge in [0.2, 0.25) is 5.91 Å². The van der Waals surface area contributed by atoms with Crippen molar-refractivity contribution in [3.63, 3.8) is 0 Å². The predicted molar refractivity (Wildman–Crippen MR) is 116 cm³/mol. The second-order valence-electron chi connectivity index (χ2n) is 6.88. The zero-order valence-electron chi connectivity index (χ0n) is 16.8. The fourth-order valence-corrected chi connectivity index (χ4v) is 2.80. The summed E-state index contributed by atoms with van der Waals surface area (Å²) >= 11 is 0. The van der Waals surface area contributed by atoms with Crippen molar-refractivity contribution in [2.75, 3.05) is 5.32 Å². The van der Waals surface area contributed by atoms with Crippen molar-refractivity contribution < 1.29 is 14.3 Å². The number of carbonyl (C=O) groups is 2. The first-order valence-corrected chi connectivity index (χ1v) is 9.62. The lowest BCUT2D eigenvalue weighted by atomic mass is 10.1. The lowest BCUT2D eigenvalue weighted by Crippen LogP contribution is -2.36. The number of aromatic amines is 1. The van der Waals surface area contributed by atoms with E-state index in [0.29, 0.717) is 11.4 Å². The molecule has 1 aromatic heterocycles. The second kappa shape index (κ2) is 10.1. The molecule has 1 atom stereocenters. The summed E-state index contributed by atoms with van der Waals surface area (Å²) in [6.45, 7) is 3.90. The first-order valence-electron chi connectivity index (χ1n) is 9.62. The molecule has 1 heterocycles. The summed E-state index contributed by atoms with van der Waals surface area (Å²) in [4.78, 5) is 25.3. The third-order valence-electron chi connectivity index (χ3n) is 4.10. The fourth-order valence-electron chi connectivity index (χ4n) is 2.80. The number of ether oxygens (including phenoxy) is 1. The molecule has 3 rings (SSSR count). The molecule has 0 spiro atoms. The van der Waals surface area contributed by atoms with Gasteiger partial charge in [0.1, 0.15) is 17.6 Å². The molecule has 0 saturated heterocycles. The number of nitrogens with zero attached hydrogens (tertiary/aromatic N) is 1. The van der Waals surface area contributed by atoms with E-state index in [1.54, 1.807) is 24.3 Å². The lowest BCUT2D eigenvalue weighted by molar-refractivity contribution is -0.124. The van der Waals surface area contributed by atoms with Crippen LogP contribution in [0.2, 0.25) is 0 Å². The number of hydrogen-bond donors (Lipinski definition) is 3. The van der Waals surface area contributed by atoms with Gasteiger partial charge in [-0.15, -0.1) is 0 Å². The predicted octanol–water partition coefficient (Wildman–Crippen LogP) is 3.71. The van der Waals surface area contributed by atoms with E-state index in [0.717, 1.165) is 11.3 Å². The number of carbonyl (C=O) groups excluding carboxylic acids is 2. The van der Waals surface area contributed by atoms with Gasteiger partial charge in [-0.05, 0) is 43.2 Å². The number of anilines is 1. The van der Waals surface area contributed by atoms with Gasteiger partial charge < -0.3 is 15.4 Å². The molecule has 0 aliphatic rings. The molecular formula is C23H24N4O3. The first kappa shape index (κ1) is 20.9. The van der Waals surface area contributed by atoms with Crippen LogP contribution in [0.3, 0.4) is 0 Å². The molecule has 7 heteroatoms. The number of aromatic nitrogens is 2. The molecule has 2 amide bonds. The Hall–Kier alpha value is -3.87. The van der Waals surface area contributed by atoms with E-state index in [4.69, 9.17) is 4.74 Å². The average molecular weight is 404 g/mol. The minimum atomic E-state index is -0.859. The maximum atomic E-state index is 12.8. The SMILES string of the molecule is CC(C)Oc1cccc(C=CC(=O)NC(C(=O)Nc2ccn[nH]2)c2ccccc2)c1. The Balaban J connectivity index is 1.71. The minimum absolute atomic E-state index is 0.0625. The number of benzene rings is 2. The Morgan fingerprint density at radius 2 is 1.87 bits per heavy atom. The number of amides is 2. The summed E-state index contributed by atoms with van der Waals surface area (Å²) in [5.41, 5.74) is 1.49. The van der Waals surface area contributed by atoms with Crippen LogP contribution in [0.1, 0.15) is 31.0 Å². The molecule has 3 N–H and O–H groups in total. The zero-order chi connectivity index (χ0) is 21.3. The van der Waals surface area contributed by atoms with Gasteiger partial charge in [0, 0.05) is 12.1 Å². The number of nitrogens with one attached hydrogen (secondary N) is 3. The van der Waals surface area contributed by atoms with Gasteiger partial charge in [0.05, 0.1) is 12.3 Å². The Bertz CT molecular complexity index is 998. The van der Waals surface area contributed by atoms with Gasteiger partial charge >= 0.3 is 0 Å². The van der Waals surface area contributed by atoms with Crippen LogP contribution in [0, 0.1) is 0 Å². The normalized spacial score (nSPS) is 12.0. The first-order chi connectivity index (χ1) is 14.5. The topological polar surface area (TPSA) is 96.1 Å². The molecule has 2 aromatic carbocycles. The van der Waals surface area contributed by atoms with Crippen LogP contribution in [0.4, 0.5) is 5.82 Å². The largest absolute Gasteiger partial charge is 0.491 e. The van der Waals surface area contributed by atoms with Gasteiger partial charge in [0.15, 0.2) is 0 Å². The van der Waals surface area contributed by atoms with Crippen molar-refractivity contribution in [3.05, 3.63) is 84.1 Å². The molecule has 0 radical (unpaired) electrons. The van der Waals surface area contributed by atoms with Crippen molar-refractivity contribution in [1.29, 1.82) is 0 Å². The van der Waals surface area contributed by atoms with E-state index in [9.17, 15) is 9.59 Å². The molecular weight excluding hydrogens is 380 g/mol. The molecule has 3 aromatic rings. The third kappa shape index (κ3) is 6.07. The highest BCUT2D eigenvalue weighted by molar-refractivity contribution is 6.00. The molecule has 154 valence electrons. The van der Waals surface area contributed by atoms with Crippen LogP contribution >= 0.6 is 0 Å². The van der Waals surface area contributed by atoms with E-state index < -0.39 is 11.9 Å². The summed E-state index contributed by atoms with van der Waals surface area (Å²) in [6, 6.07) is 17.3. The van der Waals surface area contributed by atoms with E-state index in [-0.39, 0.29) is 12.0 Å². The third-order valence-corrected chi connectivity index (χ3v) is 4.10. The van der Waals surface area contributed by atoms with Crippen LogP contribution in [-0.4, -0.2) is 28.1 Å². The Morgan fingerprint density at radius 1 is 1.07 bits per heavy atom. The van der Waals surface area contributed by atoms with Gasteiger partial charge in [-0.3, -0.25) is 14.7 Å². The van der Waals surface area contributed by atoms with Crippen LogP contribution in [0.25, 0.3) is 6.08 Å². The molecule has 0 fully saturated rings. The molecule has 0 saturated carbocycles. The van der Waals surface area contributed by atoms with Crippen LogP contribution < -0.4 is 15.4 Å².